The predicted octanol–water partition coefficient (Wildman–Crippen LogP) is 12.1. The van der Waals surface area contributed by atoms with Gasteiger partial charge in [0.1, 0.15) is 6.61 Å². The zero-order valence-electron chi connectivity index (χ0n) is 35.1. The monoisotopic (exact) mass is 792 g/mol. The molecule has 0 aromatic heterocycles. The molecule has 2 unspecified atom stereocenters. The van der Waals surface area contributed by atoms with Crippen LogP contribution in [0.4, 0.5) is 0 Å². The van der Waals surface area contributed by atoms with Gasteiger partial charge in [0.05, 0.1) is 13.2 Å². The minimum absolute atomic E-state index is 0.00833. The molecule has 0 saturated heterocycles. The largest absolute Gasteiger partial charge is 0.472 e. The molecule has 0 aliphatic heterocycles. The van der Waals surface area contributed by atoms with Crippen molar-refractivity contribution in [2.24, 2.45) is 0 Å². The average molecular weight is 792 g/mol. The lowest BCUT2D eigenvalue weighted by Gasteiger charge is -2.20. The molecule has 0 radical (unpaired) electrons. The van der Waals surface area contributed by atoms with Crippen molar-refractivity contribution in [1.82, 2.24) is 4.90 Å². The highest BCUT2D eigenvalue weighted by molar-refractivity contribution is 7.47. The van der Waals surface area contributed by atoms with Crippen molar-refractivity contribution in [3.63, 3.8) is 0 Å². The Kier molecular flexibility index (Phi) is 37.8. The maximum atomic E-state index is 12.6. The summed E-state index contributed by atoms with van der Waals surface area (Å²) in [5, 5.41) is 0. The van der Waals surface area contributed by atoms with Gasteiger partial charge in [0.25, 0.3) is 0 Å². The van der Waals surface area contributed by atoms with Gasteiger partial charge in [-0.15, -0.1) is 0 Å². The van der Waals surface area contributed by atoms with E-state index in [0.717, 1.165) is 70.6 Å². The molecule has 0 bridgehead atoms. The Morgan fingerprint density at radius 2 is 1.05 bits per heavy atom. The van der Waals surface area contributed by atoms with Crippen LogP contribution >= 0.6 is 7.82 Å². The SMILES string of the molecule is CC/C=C\C/C=C\C/C=C\CCCCCCCC(=O)OCC(COP(=O)(O)OCCN(C)C)OC(=O)CCC/C=C\C/C=C\C/C=C\CCCCCCCC. The first kappa shape index (κ1) is 52.5. The van der Waals surface area contributed by atoms with Gasteiger partial charge in [-0.25, -0.2) is 4.57 Å². The standard InChI is InChI=1S/C45H78NO8P/c1-5-7-9-11-13-15-17-19-21-22-24-26-28-30-32-34-36-38-45(48)54-43(42-53-55(49,50)52-40-39-46(3)4)41-51-44(47)37-35-33-31-29-27-25-23-20-18-16-14-12-10-8-6-2/h8,10,14,16,19-21,23-24,26,30,32,43H,5-7,9,11-13,15,17-18,22,25,27-29,31,33-42H2,1-4H3,(H,49,50)/b10-8-,16-14-,21-19-,23-20-,26-24-,32-30-. The van der Waals surface area contributed by atoms with Crippen LogP contribution in [0.25, 0.3) is 0 Å². The van der Waals surface area contributed by atoms with Crippen molar-refractivity contribution in [3.05, 3.63) is 72.9 Å². The maximum absolute atomic E-state index is 12.6. The van der Waals surface area contributed by atoms with E-state index in [1.54, 1.807) is 4.90 Å². The average Bonchev–Trinajstić information content (AvgIpc) is 3.15. The van der Waals surface area contributed by atoms with Gasteiger partial charge in [0.2, 0.25) is 0 Å². The van der Waals surface area contributed by atoms with E-state index >= 15 is 0 Å². The Morgan fingerprint density at radius 1 is 0.582 bits per heavy atom. The molecule has 0 aliphatic rings. The van der Waals surface area contributed by atoms with Crippen LogP contribution in [0, 0.1) is 0 Å². The normalized spacial score (nSPS) is 14.1. The lowest BCUT2D eigenvalue weighted by molar-refractivity contribution is -0.161. The van der Waals surface area contributed by atoms with Crippen LogP contribution in [0.1, 0.15) is 155 Å². The molecule has 2 atom stereocenters. The summed E-state index contributed by atoms with van der Waals surface area (Å²) >= 11 is 0. The Hall–Kier alpha value is -2.55. The Balaban J connectivity index is 4.44. The minimum Gasteiger partial charge on any atom is -0.462 e. The van der Waals surface area contributed by atoms with E-state index < -0.39 is 32.5 Å². The third-order valence-electron chi connectivity index (χ3n) is 8.50. The molecule has 0 aromatic rings. The van der Waals surface area contributed by atoms with Gasteiger partial charge < -0.3 is 19.3 Å². The van der Waals surface area contributed by atoms with Crippen molar-refractivity contribution < 1.29 is 37.6 Å². The number of hydrogen-bond acceptors (Lipinski definition) is 8. The van der Waals surface area contributed by atoms with Crippen LogP contribution in [0.2, 0.25) is 0 Å². The molecule has 0 amide bonds. The number of esters is 2. The summed E-state index contributed by atoms with van der Waals surface area (Å²) < 4.78 is 33.4. The molecule has 10 heteroatoms. The van der Waals surface area contributed by atoms with Gasteiger partial charge in [-0.05, 0) is 91.1 Å². The second kappa shape index (κ2) is 39.7. The predicted molar refractivity (Wildman–Crippen MR) is 229 cm³/mol. The minimum atomic E-state index is -4.38. The fraction of sp³-hybridized carbons (Fsp3) is 0.689. The van der Waals surface area contributed by atoms with Crippen molar-refractivity contribution in [1.29, 1.82) is 0 Å². The number of hydrogen-bond donors (Lipinski definition) is 1. The van der Waals surface area contributed by atoms with E-state index in [1.165, 1.54) is 38.5 Å². The fourth-order valence-corrected chi connectivity index (χ4v) is 5.99. The van der Waals surface area contributed by atoms with Gasteiger partial charge in [-0.1, -0.05) is 138 Å². The Labute approximate surface area is 336 Å². The molecule has 1 N–H and O–H groups in total. The van der Waals surface area contributed by atoms with Gasteiger partial charge in [0, 0.05) is 19.4 Å². The number of carbonyl (C=O) groups excluding carboxylic acids is 2. The number of phosphoric ester groups is 1. The lowest BCUT2D eigenvalue weighted by Crippen LogP contribution is -2.29. The van der Waals surface area contributed by atoms with E-state index in [1.807, 2.05) is 20.2 Å². The van der Waals surface area contributed by atoms with Crippen molar-refractivity contribution in [2.45, 2.75) is 161 Å². The molecule has 9 nitrogen and oxygen atoms in total. The highest BCUT2D eigenvalue weighted by atomic mass is 31.2. The highest BCUT2D eigenvalue weighted by Gasteiger charge is 2.26. The number of rotatable bonds is 38. The maximum Gasteiger partial charge on any atom is 0.472 e. The van der Waals surface area contributed by atoms with Crippen LogP contribution in [0.3, 0.4) is 0 Å². The molecule has 0 saturated carbocycles. The van der Waals surface area contributed by atoms with Crippen molar-refractivity contribution in [2.75, 3.05) is 40.5 Å². The Bertz CT molecular complexity index is 1140. The molecule has 0 aromatic carbocycles. The van der Waals surface area contributed by atoms with E-state index in [2.05, 4.69) is 80.7 Å². The zero-order chi connectivity index (χ0) is 40.5. The molecule has 0 spiro atoms. The smallest absolute Gasteiger partial charge is 0.462 e. The lowest BCUT2D eigenvalue weighted by atomic mass is 10.1. The van der Waals surface area contributed by atoms with Crippen molar-refractivity contribution >= 4 is 19.8 Å². The second-order valence-electron chi connectivity index (χ2n) is 14.1. The summed E-state index contributed by atoms with van der Waals surface area (Å²) in [4.78, 5) is 37.0. The molecule has 55 heavy (non-hydrogen) atoms. The quantitative estimate of drug-likeness (QED) is 0.0283. The third-order valence-corrected chi connectivity index (χ3v) is 9.48. The van der Waals surface area contributed by atoms with Crippen LogP contribution in [0.15, 0.2) is 72.9 Å². The number of likely N-dealkylation sites (N-methyl/N-ethyl adjacent to an activating group) is 1. The first-order valence-corrected chi connectivity index (χ1v) is 22.7. The fourth-order valence-electron chi connectivity index (χ4n) is 5.25. The second-order valence-corrected chi connectivity index (χ2v) is 15.6. The van der Waals surface area contributed by atoms with Crippen LogP contribution in [0.5, 0.6) is 0 Å². The number of ether oxygens (including phenoxy) is 2. The molecule has 0 aliphatic carbocycles. The van der Waals surface area contributed by atoms with Gasteiger partial charge >= 0.3 is 19.8 Å². The summed E-state index contributed by atoms with van der Waals surface area (Å²) in [7, 11) is -0.753. The van der Waals surface area contributed by atoms with E-state index in [9.17, 15) is 19.0 Å². The summed E-state index contributed by atoms with van der Waals surface area (Å²) in [6.07, 6.45) is 46.7. The molecule has 0 fully saturated rings. The van der Waals surface area contributed by atoms with Gasteiger partial charge in [-0.2, -0.15) is 0 Å². The number of carbonyl (C=O) groups is 2. The van der Waals surface area contributed by atoms with Gasteiger partial charge in [0.15, 0.2) is 6.10 Å². The summed E-state index contributed by atoms with van der Waals surface area (Å²) in [6, 6.07) is 0. The summed E-state index contributed by atoms with van der Waals surface area (Å²) in [6.45, 7) is 4.10. The van der Waals surface area contributed by atoms with E-state index in [0.29, 0.717) is 25.8 Å². The number of nitrogens with zero attached hydrogens (tertiary/aromatic N) is 1. The highest BCUT2D eigenvalue weighted by Crippen LogP contribution is 2.43. The molecule has 0 rings (SSSR count). The molecular formula is C45H78NO8P. The van der Waals surface area contributed by atoms with Crippen molar-refractivity contribution in [3.8, 4) is 0 Å². The van der Waals surface area contributed by atoms with E-state index in [-0.39, 0.29) is 26.1 Å². The molecule has 0 heterocycles. The Morgan fingerprint density at radius 3 is 1.60 bits per heavy atom. The topological polar surface area (TPSA) is 112 Å². The van der Waals surface area contributed by atoms with Crippen LogP contribution in [-0.2, 0) is 32.7 Å². The first-order chi connectivity index (χ1) is 26.7. The summed E-state index contributed by atoms with van der Waals surface area (Å²) in [5.74, 6) is -0.891. The number of phosphoric acid groups is 1. The number of unbranched alkanes of at least 4 members (excludes halogenated alkanes) is 12. The zero-order valence-corrected chi connectivity index (χ0v) is 36.0. The number of allylic oxidation sites excluding steroid dienone is 12. The molecular weight excluding hydrogens is 713 g/mol. The van der Waals surface area contributed by atoms with Crippen LogP contribution in [-0.4, -0.2) is 68.3 Å². The third kappa shape index (κ3) is 40.9. The molecule has 316 valence electrons. The first-order valence-electron chi connectivity index (χ1n) is 21.2. The van der Waals surface area contributed by atoms with E-state index in [4.69, 9.17) is 18.5 Å². The summed E-state index contributed by atoms with van der Waals surface area (Å²) in [5.41, 5.74) is 0. The van der Waals surface area contributed by atoms with Gasteiger partial charge in [-0.3, -0.25) is 18.6 Å². The van der Waals surface area contributed by atoms with Crippen LogP contribution < -0.4 is 0 Å².